The molecule has 150 valence electrons. The first kappa shape index (κ1) is 20.1. The lowest BCUT2D eigenvalue weighted by Crippen LogP contribution is -2.19. The van der Waals surface area contributed by atoms with Crippen molar-refractivity contribution < 1.29 is 19.4 Å². The molecule has 3 rings (SSSR count). The van der Waals surface area contributed by atoms with Gasteiger partial charge in [-0.05, 0) is 30.3 Å². The van der Waals surface area contributed by atoms with Crippen LogP contribution in [0.15, 0.2) is 72.8 Å². The number of nitrogens with zero attached hydrogens (tertiary/aromatic N) is 2. The van der Waals surface area contributed by atoms with Crippen molar-refractivity contribution in [3.63, 3.8) is 0 Å². The molecule has 0 aliphatic carbocycles. The summed E-state index contributed by atoms with van der Waals surface area (Å²) >= 11 is 0. The van der Waals surface area contributed by atoms with Gasteiger partial charge in [0.05, 0.1) is 27.2 Å². The maximum atomic E-state index is 12.6. The highest BCUT2D eigenvalue weighted by atomic mass is 16.6. The predicted octanol–water partition coefficient (Wildman–Crippen LogP) is 4.01. The number of nitro benzene ring substituents is 2. The molecule has 10 nitrogen and oxygen atoms in total. The van der Waals surface area contributed by atoms with Crippen LogP contribution in [0.1, 0.15) is 20.7 Å². The fraction of sp³-hybridized carbons (Fsp3) is 0. The third kappa shape index (κ3) is 4.44. The second-order valence-electron chi connectivity index (χ2n) is 6.04. The summed E-state index contributed by atoms with van der Waals surface area (Å²) in [7, 11) is 0. The average molecular weight is 406 g/mol. The molecule has 0 fully saturated rings. The minimum Gasteiger partial charge on any atom is -0.322 e. The quantitative estimate of drug-likeness (QED) is 0.467. The molecule has 0 aliphatic rings. The minimum absolute atomic E-state index is 0.128. The lowest BCUT2D eigenvalue weighted by molar-refractivity contribution is -0.394. The van der Waals surface area contributed by atoms with Crippen LogP contribution >= 0.6 is 0 Å². The average Bonchev–Trinajstić information content (AvgIpc) is 2.74. The van der Waals surface area contributed by atoms with Crippen LogP contribution < -0.4 is 10.6 Å². The third-order valence-electron chi connectivity index (χ3n) is 4.09. The molecule has 0 radical (unpaired) electrons. The molecule has 0 saturated heterocycles. The van der Waals surface area contributed by atoms with Crippen LogP contribution in [0.3, 0.4) is 0 Å². The van der Waals surface area contributed by atoms with E-state index in [9.17, 15) is 29.8 Å². The number of rotatable bonds is 6. The lowest BCUT2D eigenvalue weighted by Gasteiger charge is -2.11. The molecule has 0 bridgehead atoms. The predicted molar refractivity (Wildman–Crippen MR) is 109 cm³/mol. The molecule has 0 aromatic heterocycles. The molecule has 0 heterocycles. The number of benzene rings is 3. The second kappa shape index (κ2) is 8.61. The van der Waals surface area contributed by atoms with Crippen LogP contribution in [0.5, 0.6) is 0 Å². The van der Waals surface area contributed by atoms with E-state index in [1.807, 2.05) is 0 Å². The molecular formula is C20H14N4O6. The van der Waals surface area contributed by atoms with Gasteiger partial charge in [0.2, 0.25) is 0 Å². The first-order valence-electron chi connectivity index (χ1n) is 8.56. The van der Waals surface area contributed by atoms with Crippen molar-refractivity contribution in [2.24, 2.45) is 0 Å². The maximum absolute atomic E-state index is 12.6. The standard InChI is InChI=1S/C20H14N4O6/c25-19(21-13-6-2-1-3-7-13)15-8-4-5-9-17(15)22-20(26)16-11-10-14(23(27)28)12-18(16)24(29)30/h1-12H,(H,21,25)(H,22,26). The van der Waals surface area contributed by atoms with Gasteiger partial charge in [-0.25, -0.2) is 0 Å². The van der Waals surface area contributed by atoms with Crippen molar-refractivity contribution >= 4 is 34.6 Å². The topological polar surface area (TPSA) is 144 Å². The van der Waals surface area contributed by atoms with Crippen LogP contribution in [-0.2, 0) is 0 Å². The Kier molecular flexibility index (Phi) is 5.78. The SMILES string of the molecule is O=C(Nc1ccccc1)c1ccccc1NC(=O)c1ccc([N+](=O)[O-])cc1[N+](=O)[O-]. The highest BCUT2D eigenvalue weighted by molar-refractivity contribution is 6.13. The van der Waals surface area contributed by atoms with E-state index in [0.29, 0.717) is 11.8 Å². The zero-order chi connectivity index (χ0) is 21.7. The van der Waals surface area contributed by atoms with Crippen LogP contribution in [0.2, 0.25) is 0 Å². The Labute approximate surface area is 169 Å². The summed E-state index contributed by atoms with van der Waals surface area (Å²) in [5, 5.41) is 27.3. The monoisotopic (exact) mass is 406 g/mol. The zero-order valence-corrected chi connectivity index (χ0v) is 15.3. The Hall–Kier alpha value is -4.60. The van der Waals surface area contributed by atoms with Crippen molar-refractivity contribution in [2.45, 2.75) is 0 Å². The molecule has 0 saturated carbocycles. The van der Waals surface area contributed by atoms with Gasteiger partial charge in [-0.3, -0.25) is 29.8 Å². The number of carbonyl (C=O) groups is 2. The number of amides is 2. The first-order valence-corrected chi connectivity index (χ1v) is 8.56. The van der Waals surface area contributed by atoms with Gasteiger partial charge in [0.15, 0.2) is 0 Å². The van der Waals surface area contributed by atoms with Gasteiger partial charge in [0.1, 0.15) is 5.56 Å². The Morgan fingerprint density at radius 2 is 1.33 bits per heavy atom. The number of para-hydroxylation sites is 2. The van der Waals surface area contributed by atoms with Crippen LogP contribution in [-0.4, -0.2) is 21.7 Å². The van der Waals surface area contributed by atoms with E-state index in [1.165, 1.54) is 12.1 Å². The number of carbonyl (C=O) groups excluding carboxylic acids is 2. The Morgan fingerprint density at radius 3 is 2.00 bits per heavy atom. The van der Waals surface area contributed by atoms with Crippen molar-refractivity contribution in [3.05, 3.63) is 104 Å². The Bertz CT molecular complexity index is 1150. The lowest BCUT2D eigenvalue weighted by atomic mass is 10.1. The second-order valence-corrected chi connectivity index (χ2v) is 6.04. The summed E-state index contributed by atoms with van der Waals surface area (Å²) in [6, 6.07) is 17.5. The molecule has 30 heavy (non-hydrogen) atoms. The van der Waals surface area contributed by atoms with Gasteiger partial charge in [-0.2, -0.15) is 0 Å². The highest BCUT2D eigenvalue weighted by Gasteiger charge is 2.25. The molecule has 3 aromatic carbocycles. The Balaban J connectivity index is 1.89. The summed E-state index contributed by atoms with van der Waals surface area (Å²) < 4.78 is 0. The number of hydrogen-bond acceptors (Lipinski definition) is 6. The number of non-ortho nitro benzene ring substituents is 1. The molecule has 2 amide bonds. The van der Waals surface area contributed by atoms with Crippen molar-refractivity contribution in [1.82, 2.24) is 0 Å². The molecule has 0 unspecified atom stereocenters. The van der Waals surface area contributed by atoms with Crippen LogP contribution in [0, 0.1) is 20.2 Å². The summed E-state index contributed by atoms with van der Waals surface area (Å²) in [5.74, 6) is -1.37. The number of hydrogen-bond donors (Lipinski definition) is 2. The third-order valence-corrected chi connectivity index (χ3v) is 4.09. The summed E-state index contributed by atoms with van der Waals surface area (Å²) in [6.45, 7) is 0. The van der Waals surface area contributed by atoms with Crippen molar-refractivity contribution in [2.75, 3.05) is 10.6 Å². The molecule has 3 aromatic rings. The van der Waals surface area contributed by atoms with Crippen LogP contribution in [0.4, 0.5) is 22.7 Å². The highest BCUT2D eigenvalue weighted by Crippen LogP contribution is 2.26. The van der Waals surface area contributed by atoms with Gasteiger partial charge in [0.25, 0.3) is 23.2 Å². The van der Waals surface area contributed by atoms with E-state index >= 15 is 0 Å². The smallest absolute Gasteiger partial charge is 0.289 e. The van der Waals surface area contributed by atoms with Gasteiger partial charge in [0, 0.05) is 11.8 Å². The number of nitrogens with one attached hydrogen (secondary N) is 2. The van der Waals surface area contributed by atoms with Gasteiger partial charge in [-0.1, -0.05) is 30.3 Å². The molecule has 0 aliphatic heterocycles. The van der Waals surface area contributed by atoms with Crippen LogP contribution in [0.25, 0.3) is 0 Å². The number of nitro groups is 2. The van der Waals surface area contributed by atoms with E-state index in [1.54, 1.807) is 42.5 Å². The molecular weight excluding hydrogens is 392 g/mol. The van der Waals surface area contributed by atoms with E-state index < -0.39 is 33.0 Å². The van der Waals surface area contributed by atoms with E-state index in [4.69, 9.17) is 0 Å². The summed E-state index contributed by atoms with van der Waals surface area (Å²) in [6.07, 6.45) is 0. The van der Waals surface area contributed by atoms with Gasteiger partial charge >= 0.3 is 0 Å². The maximum Gasteiger partial charge on any atom is 0.289 e. The zero-order valence-electron chi connectivity index (χ0n) is 15.3. The van der Waals surface area contributed by atoms with Gasteiger partial charge in [-0.15, -0.1) is 0 Å². The largest absolute Gasteiger partial charge is 0.322 e. The van der Waals surface area contributed by atoms with Crippen molar-refractivity contribution in [3.8, 4) is 0 Å². The molecule has 0 atom stereocenters. The summed E-state index contributed by atoms with van der Waals surface area (Å²) in [5.41, 5.74) is -0.782. The van der Waals surface area contributed by atoms with E-state index in [0.717, 1.165) is 12.1 Å². The number of anilines is 2. The van der Waals surface area contributed by atoms with Crippen molar-refractivity contribution in [1.29, 1.82) is 0 Å². The van der Waals surface area contributed by atoms with E-state index in [-0.39, 0.29) is 16.8 Å². The molecule has 2 N–H and O–H groups in total. The molecule has 0 spiro atoms. The van der Waals surface area contributed by atoms with E-state index in [2.05, 4.69) is 10.6 Å². The normalized spacial score (nSPS) is 10.1. The minimum atomic E-state index is -0.879. The Morgan fingerprint density at radius 1 is 0.700 bits per heavy atom. The molecule has 10 heteroatoms. The fourth-order valence-corrected chi connectivity index (χ4v) is 2.68. The summed E-state index contributed by atoms with van der Waals surface area (Å²) in [4.78, 5) is 45.7. The fourth-order valence-electron chi connectivity index (χ4n) is 2.68. The van der Waals surface area contributed by atoms with Gasteiger partial charge < -0.3 is 10.6 Å². The first-order chi connectivity index (χ1) is 14.4.